The number of ether oxygens (including phenoxy) is 2. The molecule has 0 saturated carbocycles. The van der Waals surface area contributed by atoms with Gasteiger partial charge in [-0.1, -0.05) is 12.1 Å². The maximum Gasteiger partial charge on any atom is 0.137 e. The molecule has 0 bridgehead atoms. The highest BCUT2D eigenvalue weighted by molar-refractivity contribution is 6.00. The van der Waals surface area contributed by atoms with Gasteiger partial charge in [-0.3, -0.25) is 9.97 Å². The second-order valence-corrected chi connectivity index (χ2v) is 9.69. The number of anilines is 3. The van der Waals surface area contributed by atoms with Crippen LogP contribution < -0.4 is 15.0 Å². The van der Waals surface area contributed by atoms with Crippen LogP contribution in [0.15, 0.2) is 67.3 Å². The predicted molar refractivity (Wildman–Crippen MR) is 155 cm³/mol. The lowest BCUT2D eigenvalue weighted by Gasteiger charge is -2.28. The van der Waals surface area contributed by atoms with Crippen molar-refractivity contribution >= 4 is 28.1 Å². The summed E-state index contributed by atoms with van der Waals surface area (Å²) in [5.74, 6) is 1.09. The van der Waals surface area contributed by atoms with Gasteiger partial charge in [0.15, 0.2) is 0 Å². The standard InChI is InChI=1S/C31H29FN6O2/c1-19-7-8-24(32)28-29(19)37-30(25-6-4-5-9-34-25)20(2)31(28)36-26-15-27(38-10-12-40-13-11-38)35-18-23(26)21-14-22(39-3)17-33-16-21/h4-9,14-18H,10-13H2,1-3H3,(H,35,36,37). The van der Waals surface area contributed by atoms with Crippen molar-refractivity contribution in [3.63, 3.8) is 0 Å². The molecule has 0 spiro atoms. The third kappa shape index (κ3) is 4.80. The van der Waals surface area contributed by atoms with Gasteiger partial charge in [-0.15, -0.1) is 0 Å². The van der Waals surface area contributed by atoms with Crippen LogP contribution in [-0.4, -0.2) is 53.3 Å². The van der Waals surface area contributed by atoms with E-state index in [2.05, 4.69) is 20.2 Å². The number of methoxy groups -OCH3 is 1. The Balaban J connectivity index is 1.58. The van der Waals surface area contributed by atoms with Crippen LogP contribution in [0.4, 0.5) is 21.6 Å². The van der Waals surface area contributed by atoms with Crippen molar-refractivity contribution in [1.82, 2.24) is 19.9 Å². The fourth-order valence-corrected chi connectivity index (χ4v) is 5.02. The number of morpholine rings is 1. The van der Waals surface area contributed by atoms with Crippen molar-refractivity contribution in [2.75, 3.05) is 43.6 Å². The van der Waals surface area contributed by atoms with E-state index in [1.807, 2.05) is 50.4 Å². The first-order chi connectivity index (χ1) is 19.5. The van der Waals surface area contributed by atoms with Crippen LogP contribution in [0.25, 0.3) is 33.4 Å². The summed E-state index contributed by atoms with van der Waals surface area (Å²) < 4.78 is 26.6. The molecule has 1 saturated heterocycles. The summed E-state index contributed by atoms with van der Waals surface area (Å²) in [5.41, 5.74) is 6.67. The molecular weight excluding hydrogens is 507 g/mol. The lowest BCUT2D eigenvalue weighted by Crippen LogP contribution is -2.36. The average Bonchev–Trinajstić information content (AvgIpc) is 3.01. The van der Waals surface area contributed by atoms with Crippen LogP contribution in [-0.2, 0) is 4.74 Å². The fraction of sp³-hybridized carbons (Fsp3) is 0.226. The van der Waals surface area contributed by atoms with E-state index in [1.165, 1.54) is 6.07 Å². The Hall–Kier alpha value is -4.63. The molecule has 5 heterocycles. The van der Waals surface area contributed by atoms with E-state index in [1.54, 1.807) is 31.8 Å². The van der Waals surface area contributed by atoms with Crippen molar-refractivity contribution in [1.29, 1.82) is 0 Å². The van der Waals surface area contributed by atoms with E-state index in [0.717, 1.165) is 52.5 Å². The summed E-state index contributed by atoms with van der Waals surface area (Å²) in [7, 11) is 1.61. The van der Waals surface area contributed by atoms with Gasteiger partial charge in [0.1, 0.15) is 17.4 Å². The van der Waals surface area contributed by atoms with Crippen LogP contribution in [0.5, 0.6) is 5.75 Å². The number of rotatable bonds is 6. The van der Waals surface area contributed by atoms with Gasteiger partial charge >= 0.3 is 0 Å². The van der Waals surface area contributed by atoms with Gasteiger partial charge < -0.3 is 19.7 Å². The molecule has 4 aromatic heterocycles. The first kappa shape index (κ1) is 25.6. The third-order valence-electron chi connectivity index (χ3n) is 7.18. The monoisotopic (exact) mass is 536 g/mol. The van der Waals surface area contributed by atoms with Crippen LogP contribution >= 0.6 is 0 Å². The van der Waals surface area contributed by atoms with Gasteiger partial charge in [0.2, 0.25) is 0 Å². The molecule has 1 aliphatic rings. The molecule has 0 unspecified atom stereocenters. The normalized spacial score (nSPS) is 13.4. The van der Waals surface area contributed by atoms with E-state index in [9.17, 15) is 0 Å². The van der Waals surface area contributed by atoms with Gasteiger partial charge in [0.25, 0.3) is 0 Å². The van der Waals surface area contributed by atoms with Crippen LogP contribution in [0.2, 0.25) is 0 Å². The molecule has 1 aromatic carbocycles. The Labute approximate surface area is 231 Å². The molecule has 9 heteroatoms. The van der Waals surface area contributed by atoms with Crippen LogP contribution in [0.3, 0.4) is 0 Å². The van der Waals surface area contributed by atoms with E-state index >= 15 is 4.39 Å². The van der Waals surface area contributed by atoms with E-state index < -0.39 is 0 Å². The lowest BCUT2D eigenvalue weighted by atomic mass is 10.0. The first-order valence-corrected chi connectivity index (χ1v) is 13.1. The summed E-state index contributed by atoms with van der Waals surface area (Å²) in [6.07, 6.45) is 6.98. The zero-order valence-electron chi connectivity index (χ0n) is 22.6. The predicted octanol–water partition coefficient (Wildman–Crippen LogP) is 6.10. The highest BCUT2D eigenvalue weighted by Crippen LogP contribution is 2.40. The Bertz CT molecular complexity index is 1690. The van der Waals surface area contributed by atoms with Gasteiger partial charge in [0.05, 0.1) is 60.2 Å². The highest BCUT2D eigenvalue weighted by Gasteiger charge is 2.21. The van der Waals surface area contributed by atoms with Gasteiger partial charge in [-0.25, -0.2) is 14.4 Å². The molecule has 40 heavy (non-hydrogen) atoms. The minimum atomic E-state index is -0.349. The molecular formula is C31H29FN6O2. The van der Waals surface area contributed by atoms with Crippen molar-refractivity contribution in [2.24, 2.45) is 0 Å². The minimum Gasteiger partial charge on any atom is -0.495 e. The summed E-state index contributed by atoms with van der Waals surface area (Å²) >= 11 is 0. The third-order valence-corrected chi connectivity index (χ3v) is 7.18. The number of aryl methyl sites for hydroxylation is 1. The lowest BCUT2D eigenvalue weighted by molar-refractivity contribution is 0.122. The SMILES string of the molecule is COc1cncc(-c2cnc(N3CCOCC3)cc2Nc2c(C)c(-c3ccccn3)nc3c(C)ccc(F)c23)c1. The number of nitrogens with zero attached hydrogens (tertiary/aromatic N) is 5. The fourth-order valence-electron chi connectivity index (χ4n) is 5.02. The maximum absolute atomic E-state index is 15.6. The summed E-state index contributed by atoms with van der Waals surface area (Å²) in [6, 6.07) is 12.8. The van der Waals surface area contributed by atoms with Crippen LogP contribution in [0.1, 0.15) is 11.1 Å². The number of nitrogens with one attached hydrogen (secondary N) is 1. The average molecular weight is 537 g/mol. The number of pyridine rings is 4. The Morgan fingerprint density at radius 2 is 1.85 bits per heavy atom. The molecule has 0 aliphatic carbocycles. The van der Waals surface area contributed by atoms with Crippen molar-refractivity contribution in [2.45, 2.75) is 13.8 Å². The first-order valence-electron chi connectivity index (χ1n) is 13.1. The molecule has 0 amide bonds. The molecule has 8 nitrogen and oxygen atoms in total. The Morgan fingerprint density at radius 3 is 2.62 bits per heavy atom. The maximum atomic E-state index is 15.6. The zero-order valence-corrected chi connectivity index (χ0v) is 22.6. The van der Waals surface area contributed by atoms with E-state index in [-0.39, 0.29) is 5.82 Å². The second kappa shape index (κ2) is 10.9. The minimum absolute atomic E-state index is 0.349. The Kier molecular flexibility index (Phi) is 6.96. The molecule has 5 aromatic rings. The largest absolute Gasteiger partial charge is 0.495 e. The van der Waals surface area contributed by atoms with Crippen molar-refractivity contribution in [3.8, 4) is 28.3 Å². The molecule has 6 rings (SSSR count). The molecule has 1 aliphatic heterocycles. The van der Waals surface area contributed by atoms with E-state index in [4.69, 9.17) is 19.4 Å². The number of halogens is 1. The zero-order chi connectivity index (χ0) is 27.6. The Morgan fingerprint density at radius 1 is 1.00 bits per heavy atom. The summed E-state index contributed by atoms with van der Waals surface area (Å²) in [4.78, 5) is 20.8. The number of fused-ring (bicyclic) bond motifs is 1. The quantitative estimate of drug-likeness (QED) is 0.279. The number of hydrogen-bond donors (Lipinski definition) is 1. The van der Waals surface area contributed by atoms with E-state index in [0.29, 0.717) is 41.2 Å². The van der Waals surface area contributed by atoms with Crippen molar-refractivity contribution < 1.29 is 13.9 Å². The molecule has 1 N–H and O–H groups in total. The number of aromatic nitrogens is 4. The van der Waals surface area contributed by atoms with Gasteiger partial charge in [0, 0.05) is 54.4 Å². The van der Waals surface area contributed by atoms with Crippen molar-refractivity contribution in [3.05, 3.63) is 84.2 Å². The highest BCUT2D eigenvalue weighted by atomic mass is 19.1. The van der Waals surface area contributed by atoms with Gasteiger partial charge in [-0.05, 0) is 43.7 Å². The van der Waals surface area contributed by atoms with Crippen LogP contribution in [0, 0.1) is 19.7 Å². The molecule has 0 radical (unpaired) electrons. The second-order valence-electron chi connectivity index (χ2n) is 9.69. The topological polar surface area (TPSA) is 85.3 Å². The molecule has 1 fully saturated rings. The summed E-state index contributed by atoms with van der Waals surface area (Å²) in [5, 5.41) is 4.03. The van der Waals surface area contributed by atoms with Gasteiger partial charge in [-0.2, -0.15) is 0 Å². The smallest absolute Gasteiger partial charge is 0.137 e. The molecule has 0 atom stereocenters. The number of hydrogen-bond acceptors (Lipinski definition) is 8. The number of benzene rings is 1. The molecule has 202 valence electrons. The summed E-state index contributed by atoms with van der Waals surface area (Å²) in [6.45, 7) is 6.63.